The highest BCUT2D eigenvalue weighted by Crippen LogP contribution is 2.18. The maximum Gasteiger partial charge on any atom is 0.266 e. The van der Waals surface area contributed by atoms with Crippen LogP contribution in [-0.4, -0.2) is 17.5 Å². The first kappa shape index (κ1) is 17.2. The van der Waals surface area contributed by atoms with Crippen molar-refractivity contribution in [2.24, 2.45) is 0 Å². The largest absolute Gasteiger partial charge is 0.484 e. The second-order valence-corrected chi connectivity index (χ2v) is 6.57. The Morgan fingerprint density at radius 3 is 2.60 bits per heavy atom. The van der Waals surface area contributed by atoms with Crippen LogP contribution in [0.5, 0.6) is 5.75 Å². The number of hydrogen-bond donors (Lipinski definition) is 0. The number of aryl methyl sites for hydroxylation is 1. The fourth-order valence-electron chi connectivity index (χ4n) is 2.41. The van der Waals surface area contributed by atoms with E-state index in [1.165, 1.54) is 5.56 Å². The van der Waals surface area contributed by atoms with Gasteiger partial charge in [0.15, 0.2) is 6.61 Å². The Hall–Kier alpha value is -2.66. The zero-order chi connectivity index (χ0) is 17.5. The molecule has 3 aromatic rings. The van der Waals surface area contributed by atoms with E-state index >= 15 is 0 Å². The molecule has 2 aromatic heterocycles. The van der Waals surface area contributed by atoms with Gasteiger partial charge in [0, 0.05) is 11.1 Å². The molecule has 0 radical (unpaired) electrons. The summed E-state index contributed by atoms with van der Waals surface area (Å²) in [6.07, 6.45) is 2.67. The summed E-state index contributed by atoms with van der Waals surface area (Å²) in [5.41, 5.74) is 1.24. The number of rotatable bonds is 7. The minimum Gasteiger partial charge on any atom is -0.484 e. The number of pyridine rings is 1. The number of anilines is 1. The number of carbonyl (C=O) groups is 1. The molecule has 0 aliphatic rings. The van der Waals surface area contributed by atoms with Gasteiger partial charge in [-0.1, -0.05) is 31.2 Å². The lowest BCUT2D eigenvalue weighted by Crippen LogP contribution is -2.34. The van der Waals surface area contributed by atoms with Gasteiger partial charge >= 0.3 is 0 Å². The lowest BCUT2D eigenvalue weighted by atomic mass is 10.2. The van der Waals surface area contributed by atoms with E-state index < -0.39 is 0 Å². The van der Waals surface area contributed by atoms with Gasteiger partial charge in [0.1, 0.15) is 11.6 Å². The summed E-state index contributed by atoms with van der Waals surface area (Å²) in [6, 6.07) is 17.4. The molecule has 128 valence electrons. The highest BCUT2D eigenvalue weighted by molar-refractivity contribution is 7.09. The van der Waals surface area contributed by atoms with Gasteiger partial charge in [-0.15, -0.1) is 11.3 Å². The number of thiophene rings is 1. The summed E-state index contributed by atoms with van der Waals surface area (Å²) in [5, 5.41) is 2.00. The van der Waals surface area contributed by atoms with Crippen molar-refractivity contribution in [3.8, 4) is 5.75 Å². The first-order valence-corrected chi connectivity index (χ1v) is 9.09. The Labute approximate surface area is 151 Å². The fourth-order valence-corrected chi connectivity index (χ4v) is 3.11. The Kier molecular flexibility index (Phi) is 5.80. The van der Waals surface area contributed by atoms with Crippen LogP contribution in [0.4, 0.5) is 5.82 Å². The number of hydrogen-bond acceptors (Lipinski definition) is 4. The molecule has 0 N–H and O–H groups in total. The Bertz CT molecular complexity index is 786. The number of ether oxygens (including phenoxy) is 1. The first-order chi connectivity index (χ1) is 12.3. The van der Waals surface area contributed by atoms with Gasteiger partial charge < -0.3 is 4.74 Å². The SMILES string of the molecule is CCc1ccc(OCC(=O)N(Cc2cccs2)c2ccccn2)cc1. The van der Waals surface area contributed by atoms with Gasteiger partial charge in [-0.3, -0.25) is 9.69 Å². The van der Waals surface area contributed by atoms with Crippen LogP contribution in [0.1, 0.15) is 17.4 Å². The molecule has 0 aliphatic heterocycles. The van der Waals surface area contributed by atoms with E-state index in [9.17, 15) is 4.79 Å². The molecule has 4 nitrogen and oxygen atoms in total. The number of aromatic nitrogens is 1. The Balaban J connectivity index is 1.70. The molecule has 0 atom stereocenters. The second-order valence-electron chi connectivity index (χ2n) is 5.53. The van der Waals surface area contributed by atoms with E-state index in [0.717, 1.165) is 11.3 Å². The predicted octanol–water partition coefficient (Wildman–Crippen LogP) is 4.32. The van der Waals surface area contributed by atoms with Crippen LogP contribution < -0.4 is 9.64 Å². The monoisotopic (exact) mass is 352 g/mol. The highest BCUT2D eigenvalue weighted by Gasteiger charge is 2.18. The van der Waals surface area contributed by atoms with Crippen molar-refractivity contribution in [3.63, 3.8) is 0 Å². The summed E-state index contributed by atoms with van der Waals surface area (Å²) < 4.78 is 5.67. The molecular weight excluding hydrogens is 332 g/mol. The third kappa shape index (κ3) is 4.67. The van der Waals surface area contributed by atoms with Crippen molar-refractivity contribution in [1.82, 2.24) is 4.98 Å². The molecule has 2 heterocycles. The number of carbonyl (C=O) groups excluding carboxylic acids is 1. The normalized spacial score (nSPS) is 10.4. The molecule has 0 bridgehead atoms. The second kappa shape index (κ2) is 8.44. The fraction of sp³-hybridized carbons (Fsp3) is 0.200. The van der Waals surface area contributed by atoms with E-state index in [0.29, 0.717) is 18.1 Å². The van der Waals surface area contributed by atoms with Crippen LogP contribution in [0.2, 0.25) is 0 Å². The molecule has 0 spiro atoms. The van der Waals surface area contributed by atoms with Gasteiger partial charge in [0.05, 0.1) is 6.54 Å². The average molecular weight is 352 g/mol. The van der Waals surface area contributed by atoms with Crippen LogP contribution in [0, 0.1) is 0 Å². The topological polar surface area (TPSA) is 42.4 Å². The van der Waals surface area contributed by atoms with Crippen molar-refractivity contribution >= 4 is 23.1 Å². The number of benzene rings is 1. The van der Waals surface area contributed by atoms with Crippen LogP contribution in [0.3, 0.4) is 0 Å². The summed E-state index contributed by atoms with van der Waals surface area (Å²) in [6.45, 7) is 2.58. The van der Waals surface area contributed by atoms with Crippen molar-refractivity contribution in [2.45, 2.75) is 19.9 Å². The van der Waals surface area contributed by atoms with E-state index in [4.69, 9.17) is 4.74 Å². The maximum absolute atomic E-state index is 12.7. The number of nitrogens with zero attached hydrogens (tertiary/aromatic N) is 2. The maximum atomic E-state index is 12.7. The average Bonchev–Trinajstić information content (AvgIpc) is 3.18. The quantitative estimate of drug-likeness (QED) is 0.636. The lowest BCUT2D eigenvalue weighted by molar-refractivity contribution is -0.120. The van der Waals surface area contributed by atoms with Gasteiger partial charge in [-0.05, 0) is 47.7 Å². The van der Waals surface area contributed by atoms with E-state index in [-0.39, 0.29) is 12.5 Å². The van der Waals surface area contributed by atoms with Gasteiger partial charge in [-0.2, -0.15) is 0 Å². The Morgan fingerprint density at radius 1 is 1.12 bits per heavy atom. The van der Waals surface area contributed by atoms with E-state index in [1.807, 2.05) is 60.0 Å². The summed E-state index contributed by atoms with van der Waals surface area (Å²) in [4.78, 5) is 19.8. The summed E-state index contributed by atoms with van der Waals surface area (Å²) >= 11 is 1.62. The van der Waals surface area contributed by atoms with Crippen molar-refractivity contribution in [3.05, 3.63) is 76.6 Å². The van der Waals surface area contributed by atoms with E-state index in [1.54, 1.807) is 22.4 Å². The minimum absolute atomic E-state index is 0.0204. The van der Waals surface area contributed by atoms with Crippen LogP contribution in [0.25, 0.3) is 0 Å². The molecule has 0 saturated heterocycles. The third-order valence-corrected chi connectivity index (χ3v) is 4.68. The van der Waals surface area contributed by atoms with Crippen molar-refractivity contribution < 1.29 is 9.53 Å². The third-order valence-electron chi connectivity index (χ3n) is 3.81. The van der Waals surface area contributed by atoms with Crippen molar-refractivity contribution in [1.29, 1.82) is 0 Å². The molecular formula is C20H20N2O2S. The molecule has 0 fully saturated rings. The molecule has 1 amide bonds. The summed E-state index contributed by atoms with van der Waals surface area (Å²) in [7, 11) is 0. The zero-order valence-corrected chi connectivity index (χ0v) is 14.9. The first-order valence-electron chi connectivity index (χ1n) is 8.22. The van der Waals surface area contributed by atoms with Gasteiger partial charge in [0.25, 0.3) is 5.91 Å². The van der Waals surface area contributed by atoms with Crippen LogP contribution in [0.15, 0.2) is 66.2 Å². The van der Waals surface area contributed by atoms with Crippen LogP contribution in [-0.2, 0) is 17.8 Å². The number of amides is 1. The molecule has 25 heavy (non-hydrogen) atoms. The molecule has 0 unspecified atom stereocenters. The molecule has 0 saturated carbocycles. The van der Waals surface area contributed by atoms with E-state index in [2.05, 4.69) is 11.9 Å². The predicted molar refractivity (Wildman–Crippen MR) is 101 cm³/mol. The standard InChI is InChI=1S/C20H20N2O2S/c1-2-16-8-10-17(11-9-16)24-15-20(23)22(14-18-6-5-13-25-18)19-7-3-4-12-21-19/h3-13H,2,14-15H2,1H3. The molecule has 0 aliphatic carbocycles. The molecule has 3 rings (SSSR count). The van der Waals surface area contributed by atoms with Gasteiger partial charge in [-0.25, -0.2) is 4.98 Å². The zero-order valence-electron chi connectivity index (χ0n) is 14.1. The Morgan fingerprint density at radius 2 is 1.96 bits per heavy atom. The van der Waals surface area contributed by atoms with Crippen LogP contribution >= 0.6 is 11.3 Å². The smallest absolute Gasteiger partial charge is 0.266 e. The molecule has 5 heteroatoms. The highest BCUT2D eigenvalue weighted by atomic mass is 32.1. The minimum atomic E-state index is -0.119. The molecule has 1 aromatic carbocycles. The lowest BCUT2D eigenvalue weighted by Gasteiger charge is -2.21. The summed E-state index contributed by atoms with van der Waals surface area (Å²) in [5.74, 6) is 1.21. The van der Waals surface area contributed by atoms with Gasteiger partial charge in [0.2, 0.25) is 0 Å². The van der Waals surface area contributed by atoms with Crippen molar-refractivity contribution in [2.75, 3.05) is 11.5 Å².